The molecule has 0 saturated heterocycles. The van der Waals surface area contributed by atoms with Gasteiger partial charge in [0.15, 0.2) is 0 Å². The Morgan fingerprint density at radius 1 is 1.11 bits per heavy atom. The van der Waals surface area contributed by atoms with Crippen LogP contribution in [0, 0.1) is 11.8 Å². The van der Waals surface area contributed by atoms with Gasteiger partial charge >= 0.3 is 0 Å². The molecule has 3 aromatic heterocycles. The fraction of sp³-hybridized carbons (Fsp3) is 0. The molecule has 0 atom stereocenters. The van der Waals surface area contributed by atoms with E-state index in [1.807, 2.05) is 24.3 Å². The Morgan fingerprint density at radius 2 is 2.06 bits per heavy atom. The molecule has 0 saturated carbocycles. The van der Waals surface area contributed by atoms with Gasteiger partial charge in [0.05, 0.1) is 10.6 Å². The average molecular weight is 254 g/mol. The summed E-state index contributed by atoms with van der Waals surface area (Å²) in [6.07, 6.45) is 5.18. The highest BCUT2D eigenvalue weighted by molar-refractivity contribution is 6.36. The zero-order valence-electron chi connectivity index (χ0n) is 9.31. The normalized spacial score (nSPS) is 10.1. The lowest BCUT2D eigenvalue weighted by molar-refractivity contribution is 1.29. The fourth-order valence-corrected chi connectivity index (χ4v) is 1.88. The van der Waals surface area contributed by atoms with Crippen molar-refractivity contribution in [1.29, 1.82) is 0 Å². The van der Waals surface area contributed by atoms with Gasteiger partial charge in [0.1, 0.15) is 11.3 Å². The first kappa shape index (κ1) is 10.8. The summed E-state index contributed by atoms with van der Waals surface area (Å²) in [6.45, 7) is 0. The van der Waals surface area contributed by atoms with Crippen LogP contribution in [-0.2, 0) is 0 Å². The van der Waals surface area contributed by atoms with Crippen LogP contribution in [0.4, 0.5) is 0 Å². The number of aromatic amines is 1. The minimum Gasteiger partial charge on any atom is -0.346 e. The Balaban J connectivity index is 2.06. The number of H-pyrrole nitrogens is 1. The van der Waals surface area contributed by atoms with E-state index in [4.69, 9.17) is 11.6 Å². The molecule has 0 bridgehead atoms. The summed E-state index contributed by atoms with van der Waals surface area (Å²) < 4.78 is 0. The van der Waals surface area contributed by atoms with E-state index in [0.29, 0.717) is 16.3 Å². The van der Waals surface area contributed by atoms with Crippen LogP contribution in [0.5, 0.6) is 0 Å². The van der Waals surface area contributed by atoms with Crippen molar-refractivity contribution in [2.45, 2.75) is 0 Å². The molecule has 0 radical (unpaired) electrons. The van der Waals surface area contributed by atoms with Crippen LogP contribution < -0.4 is 0 Å². The maximum Gasteiger partial charge on any atom is 0.138 e. The summed E-state index contributed by atoms with van der Waals surface area (Å²) >= 11 is 6.27. The van der Waals surface area contributed by atoms with Gasteiger partial charge in [-0.05, 0) is 24.1 Å². The van der Waals surface area contributed by atoms with Gasteiger partial charge in [-0.1, -0.05) is 23.6 Å². The number of nitrogens with one attached hydrogen (secondary N) is 1. The molecular weight excluding hydrogens is 246 g/mol. The standard InChI is InChI=1S/C14H8ClN3/c15-13-10(4-5-11-3-1-2-7-16-11)9-18-14-12(13)6-8-17-14/h1-3,6-9H,(H,17,18). The zero-order valence-corrected chi connectivity index (χ0v) is 10.1. The summed E-state index contributed by atoms with van der Waals surface area (Å²) in [5, 5.41) is 1.49. The lowest BCUT2D eigenvalue weighted by atomic mass is 10.2. The number of fused-ring (bicyclic) bond motifs is 1. The van der Waals surface area contributed by atoms with Gasteiger partial charge in [-0.15, -0.1) is 0 Å². The third-order valence-electron chi connectivity index (χ3n) is 2.51. The van der Waals surface area contributed by atoms with E-state index in [9.17, 15) is 0 Å². The number of rotatable bonds is 0. The molecule has 0 amide bonds. The molecule has 0 spiro atoms. The quantitative estimate of drug-likeness (QED) is 0.626. The van der Waals surface area contributed by atoms with Gasteiger partial charge in [0.2, 0.25) is 0 Å². The second kappa shape index (κ2) is 4.52. The first-order chi connectivity index (χ1) is 8.84. The van der Waals surface area contributed by atoms with Crippen LogP contribution in [0.1, 0.15) is 11.3 Å². The first-order valence-corrected chi connectivity index (χ1v) is 5.77. The molecule has 3 aromatic rings. The van der Waals surface area contributed by atoms with Crippen LogP contribution in [0.3, 0.4) is 0 Å². The molecule has 0 aliphatic rings. The van der Waals surface area contributed by atoms with Crippen LogP contribution in [-0.4, -0.2) is 15.0 Å². The number of pyridine rings is 2. The van der Waals surface area contributed by atoms with E-state index in [0.717, 1.165) is 11.0 Å². The monoisotopic (exact) mass is 253 g/mol. The topological polar surface area (TPSA) is 41.6 Å². The number of aromatic nitrogens is 3. The molecule has 1 N–H and O–H groups in total. The summed E-state index contributed by atoms with van der Waals surface area (Å²) in [6, 6.07) is 7.48. The van der Waals surface area contributed by atoms with Crippen molar-refractivity contribution >= 4 is 22.6 Å². The number of halogens is 1. The predicted octanol–water partition coefficient (Wildman–Crippen LogP) is 3.01. The summed E-state index contributed by atoms with van der Waals surface area (Å²) in [5.74, 6) is 5.95. The lowest BCUT2D eigenvalue weighted by Crippen LogP contribution is -1.84. The Labute approximate surface area is 109 Å². The highest BCUT2D eigenvalue weighted by atomic mass is 35.5. The van der Waals surface area contributed by atoms with Crippen LogP contribution in [0.2, 0.25) is 5.02 Å². The van der Waals surface area contributed by atoms with Crippen LogP contribution in [0.15, 0.2) is 42.9 Å². The van der Waals surface area contributed by atoms with Gasteiger partial charge in [-0.2, -0.15) is 0 Å². The number of nitrogens with zero attached hydrogens (tertiary/aromatic N) is 2. The lowest BCUT2D eigenvalue weighted by Gasteiger charge is -1.96. The molecule has 0 aliphatic carbocycles. The maximum absolute atomic E-state index is 6.27. The zero-order chi connectivity index (χ0) is 12.4. The van der Waals surface area contributed by atoms with E-state index >= 15 is 0 Å². The highest BCUT2D eigenvalue weighted by Gasteiger charge is 2.05. The van der Waals surface area contributed by atoms with E-state index < -0.39 is 0 Å². The third-order valence-corrected chi connectivity index (χ3v) is 2.92. The van der Waals surface area contributed by atoms with Crippen LogP contribution in [0.25, 0.3) is 11.0 Å². The Kier molecular flexibility index (Phi) is 2.71. The van der Waals surface area contributed by atoms with Gasteiger partial charge in [-0.25, -0.2) is 9.97 Å². The van der Waals surface area contributed by atoms with Gasteiger partial charge in [0, 0.05) is 24.0 Å². The van der Waals surface area contributed by atoms with Crippen molar-refractivity contribution < 1.29 is 0 Å². The van der Waals surface area contributed by atoms with Crippen molar-refractivity contribution in [3.63, 3.8) is 0 Å². The second-order valence-corrected chi connectivity index (χ2v) is 4.07. The van der Waals surface area contributed by atoms with Crippen molar-refractivity contribution in [3.8, 4) is 11.8 Å². The number of hydrogen-bond donors (Lipinski definition) is 1. The second-order valence-electron chi connectivity index (χ2n) is 3.69. The average Bonchev–Trinajstić information content (AvgIpc) is 2.88. The summed E-state index contributed by atoms with van der Waals surface area (Å²) in [4.78, 5) is 11.4. The minimum atomic E-state index is 0.615. The predicted molar refractivity (Wildman–Crippen MR) is 71.3 cm³/mol. The molecule has 18 heavy (non-hydrogen) atoms. The minimum absolute atomic E-state index is 0.615. The van der Waals surface area contributed by atoms with Gasteiger partial charge in [0.25, 0.3) is 0 Å². The Bertz CT molecular complexity index is 751. The van der Waals surface area contributed by atoms with E-state index in [2.05, 4.69) is 26.8 Å². The van der Waals surface area contributed by atoms with Crippen LogP contribution >= 0.6 is 11.6 Å². The molecule has 0 aromatic carbocycles. The fourth-order valence-electron chi connectivity index (χ4n) is 1.63. The molecule has 0 unspecified atom stereocenters. The molecular formula is C14H8ClN3. The first-order valence-electron chi connectivity index (χ1n) is 5.39. The SMILES string of the molecule is Clc1c(C#Cc2ccccn2)cnc2[nH]ccc12. The van der Waals surface area contributed by atoms with Crippen molar-refractivity contribution in [2.24, 2.45) is 0 Å². The smallest absolute Gasteiger partial charge is 0.138 e. The molecule has 4 heteroatoms. The Hall–Kier alpha value is -2.31. The molecule has 0 fully saturated rings. The van der Waals surface area contributed by atoms with Crippen molar-refractivity contribution in [3.05, 3.63) is 59.1 Å². The largest absolute Gasteiger partial charge is 0.346 e. The van der Waals surface area contributed by atoms with E-state index in [1.165, 1.54) is 0 Å². The highest BCUT2D eigenvalue weighted by Crippen LogP contribution is 2.24. The van der Waals surface area contributed by atoms with E-state index in [-0.39, 0.29) is 0 Å². The summed E-state index contributed by atoms with van der Waals surface area (Å²) in [7, 11) is 0. The van der Waals surface area contributed by atoms with Gasteiger partial charge < -0.3 is 4.98 Å². The third kappa shape index (κ3) is 1.94. The van der Waals surface area contributed by atoms with Crippen molar-refractivity contribution in [1.82, 2.24) is 15.0 Å². The maximum atomic E-state index is 6.27. The van der Waals surface area contributed by atoms with Crippen molar-refractivity contribution in [2.75, 3.05) is 0 Å². The summed E-state index contributed by atoms with van der Waals surface area (Å²) in [5.41, 5.74) is 2.18. The van der Waals surface area contributed by atoms with E-state index in [1.54, 1.807) is 18.6 Å². The molecule has 0 aliphatic heterocycles. The molecule has 3 rings (SSSR count). The molecule has 3 nitrogen and oxygen atoms in total. The Morgan fingerprint density at radius 3 is 2.89 bits per heavy atom. The van der Waals surface area contributed by atoms with Gasteiger partial charge in [-0.3, -0.25) is 0 Å². The number of hydrogen-bond acceptors (Lipinski definition) is 2. The molecule has 86 valence electrons. The molecule has 3 heterocycles.